The van der Waals surface area contributed by atoms with Crippen molar-refractivity contribution in [2.75, 3.05) is 0 Å². The molecule has 0 radical (unpaired) electrons. The van der Waals surface area contributed by atoms with Crippen LogP contribution in [0.25, 0.3) is 0 Å². The molecule has 2 aromatic rings. The first kappa shape index (κ1) is 14.6. The molecule has 0 spiro atoms. The fraction of sp³-hybridized carbons (Fsp3) is 0.125. The van der Waals surface area contributed by atoms with E-state index in [9.17, 15) is 9.90 Å². The molecule has 2 aromatic carbocycles. The largest absolute Gasteiger partial charge is 0.378 e. The summed E-state index contributed by atoms with van der Waals surface area (Å²) in [5, 5.41) is 13.2. The van der Waals surface area contributed by atoms with Crippen LogP contribution in [-0.4, -0.2) is 21.6 Å². The number of amides is 1. The van der Waals surface area contributed by atoms with Gasteiger partial charge in [0.25, 0.3) is 5.91 Å². The first-order chi connectivity index (χ1) is 10.6. The monoisotopic (exact) mass is 313 g/mol. The number of rotatable bonds is 3. The van der Waals surface area contributed by atoms with Crippen molar-refractivity contribution in [3.05, 3.63) is 71.8 Å². The molecule has 4 N–H and O–H groups in total. The number of carbonyl (C=O) groups is 1. The van der Waals surface area contributed by atoms with Crippen molar-refractivity contribution in [2.24, 2.45) is 10.7 Å². The van der Waals surface area contributed by atoms with Crippen LogP contribution >= 0.6 is 11.8 Å². The second kappa shape index (κ2) is 5.82. The van der Waals surface area contributed by atoms with Crippen LogP contribution in [-0.2, 0) is 5.72 Å². The van der Waals surface area contributed by atoms with E-state index in [0.717, 1.165) is 11.8 Å². The zero-order valence-electron chi connectivity index (χ0n) is 11.6. The Bertz CT molecular complexity index is 706. The normalized spacial score (nSPS) is 23.9. The van der Waals surface area contributed by atoms with Crippen molar-refractivity contribution in [1.82, 2.24) is 5.32 Å². The Morgan fingerprint density at radius 2 is 1.73 bits per heavy atom. The molecule has 0 bridgehead atoms. The lowest BCUT2D eigenvalue weighted by molar-refractivity contribution is 0.0360. The highest BCUT2D eigenvalue weighted by molar-refractivity contribution is 8.14. The van der Waals surface area contributed by atoms with E-state index in [4.69, 9.17) is 5.73 Å². The molecular formula is C16H15N3O2S. The van der Waals surface area contributed by atoms with Gasteiger partial charge in [-0.05, 0) is 12.1 Å². The lowest BCUT2D eigenvalue weighted by Crippen LogP contribution is -2.45. The number of nitrogens with zero attached hydrogens (tertiary/aromatic N) is 1. The second-order valence-electron chi connectivity index (χ2n) is 4.88. The van der Waals surface area contributed by atoms with E-state index in [0.29, 0.717) is 11.1 Å². The van der Waals surface area contributed by atoms with Crippen molar-refractivity contribution in [3.8, 4) is 0 Å². The van der Waals surface area contributed by atoms with Crippen LogP contribution in [0.5, 0.6) is 0 Å². The molecule has 1 aliphatic heterocycles. The number of thioether (sulfide) groups is 1. The van der Waals surface area contributed by atoms with Crippen LogP contribution in [0, 0.1) is 0 Å². The van der Waals surface area contributed by atoms with Crippen LogP contribution in [0.4, 0.5) is 0 Å². The molecule has 22 heavy (non-hydrogen) atoms. The van der Waals surface area contributed by atoms with Crippen LogP contribution in [0.1, 0.15) is 15.9 Å². The predicted molar refractivity (Wildman–Crippen MR) is 87.2 cm³/mol. The maximum atomic E-state index is 12.3. The Kier molecular flexibility index (Phi) is 3.87. The Morgan fingerprint density at radius 1 is 1.14 bits per heavy atom. The minimum atomic E-state index is -1.57. The van der Waals surface area contributed by atoms with Gasteiger partial charge < -0.3 is 16.2 Å². The van der Waals surface area contributed by atoms with E-state index < -0.39 is 11.1 Å². The molecule has 0 aromatic heterocycles. The maximum Gasteiger partial charge on any atom is 0.252 e. The highest BCUT2D eigenvalue weighted by Crippen LogP contribution is 2.38. The average Bonchev–Trinajstić information content (AvgIpc) is 2.84. The number of benzene rings is 2. The number of hydrogen-bond acceptors (Lipinski definition) is 5. The lowest BCUT2D eigenvalue weighted by atomic mass is 10.0. The zero-order valence-corrected chi connectivity index (χ0v) is 12.5. The van der Waals surface area contributed by atoms with Gasteiger partial charge in [-0.1, -0.05) is 60.3 Å². The first-order valence-electron chi connectivity index (χ1n) is 6.75. The highest BCUT2D eigenvalue weighted by atomic mass is 32.2. The van der Waals surface area contributed by atoms with Crippen molar-refractivity contribution >= 4 is 22.8 Å². The molecule has 0 unspecified atom stereocenters. The van der Waals surface area contributed by atoms with Crippen molar-refractivity contribution in [3.63, 3.8) is 0 Å². The summed E-state index contributed by atoms with van der Waals surface area (Å²) in [5.74, 6) is -0.280. The molecule has 1 amide bonds. The molecule has 0 saturated carbocycles. The van der Waals surface area contributed by atoms with E-state index in [-0.39, 0.29) is 11.1 Å². The van der Waals surface area contributed by atoms with Crippen molar-refractivity contribution in [1.29, 1.82) is 0 Å². The number of aliphatic hydroxyl groups is 1. The molecule has 1 aliphatic rings. The molecule has 3 rings (SSSR count). The summed E-state index contributed by atoms with van der Waals surface area (Å²) in [7, 11) is 0. The third-order valence-corrected chi connectivity index (χ3v) is 4.40. The summed E-state index contributed by atoms with van der Waals surface area (Å²) in [5.41, 5.74) is 5.29. The summed E-state index contributed by atoms with van der Waals surface area (Å²) in [4.78, 5) is 16.4. The highest BCUT2D eigenvalue weighted by Gasteiger charge is 2.45. The topological polar surface area (TPSA) is 87.7 Å². The second-order valence-corrected chi connectivity index (χ2v) is 6.00. The van der Waals surface area contributed by atoms with Gasteiger partial charge in [0, 0.05) is 11.1 Å². The number of nitrogens with one attached hydrogen (secondary N) is 1. The number of hydrogen-bond donors (Lipinski definition) is 3. The smallest absolute Gasteiger partial charge is 0.252 e. The van der Waals surface area contributed by atoms with Crippen molar-refractivity contribution in [2.45, 2.75) is 11.1 Å². The van der Waals surface area contributed by atoms with Gasteiger partial charge in [-0.2, -0.15) is 0 Å². The molecule has 6 heteroatoms. The lowest BCUT2D eigenvalue weighted by Gasteiger charge is -2.27. The van der Waals surface area contributed by atoms with E-state index in [1.54, 1.807) is 48.5 Å². The van der Waals surface area contributed by atoms with E-state index >= 15 is 0 Å². The molecule has 1 heterocycles. The minimum absolute atomic E-state index is 0.240. The van der Waals surface area contributed by atoms with E-state index in [2.05, 4.69) is 10.3 Å². The van der Waals surface area contributed by atoms with Gasteiger partial charge in [0.15, 0.2) is 5.17 Å². The molecule has 0 fully saturated rings. The first-order valence-corrected chi connectivity index (χ1v) is 7.63. The molecule has 0 saturated heterocycles. The van der Waals surface area contributed by atoms with E-state index in [1.165, 1.54) is 0 Å². The third-order valence-electron chi connectivity index (χ3n) is 3.38. The summed E-state index contributed by atoms with van der Waals surface area (Å²) in [6.07, 6.45) is 0. The van der Waals surface area contributed by atoms with Gasteiger partial charge in [0.1, 0.15) is 5.37 Å². The number of aliphatic imine (C=N–C) groups is 1. The third kappa shape index (κ3) is 2.70. The standard InChI is InChI=1S/C16H15N3O2S/c17-15-19-16(21,12-9-5-2-6-10-12)14(22-15)18-13(20)11-7-3-1-4-8-11/h1-10,14,21H,(H2,17,19)(H,18,20)/t14-,16+/m1/s1. The quantitative estimate of drug-likeness (QED) is 0.804. The zero-order chi connectivity index (χ0) is 15.6. The number of amidine groups is 1. The Labute approximate surface area is 132 Å². The number of carbonyl (C=O) groups excluding carboxylic acids is 1. The van der Waals surface area contributed by atoms with Crippen LogP contribution in [0.3, 0.4) is 0 Å². The van der Waals surface area contributed by atoms with Gasteiger partial charge in [0.05, 0.1) is 0 Å². The van der Waals surface area contributed by atoms with Gasteiger partial charge >= 0.3 is 0 Å². The molecule has 5 nitrogen and oxygen atoms in total. The van der Waals surface area contributed by atoms with Crippen LogP contribution in [0.2, 0.25) is 0 Å². The van der Waals surface area contributed by atoms with E-state index in [1.807, 2.05) is 12.1 Å². The Hall–Kier alpha value is -2.31. The fourth-order valence-electron chi connectivity index (χ4n) is 2.28. The van der Waals surface area contributed by atoms with Crippen LogP contribution < -0.4 is 11.1 Å². The maximum absolute atomic E-state index is 12.3. The van der Waals surface area contributed by atoms with Gasteiger partial charge in [-0.25, -0.2) is 4.99 Å². The summed E-state index contributed by atoms with van der Waals surface area (Å²) in [6, 6.07) is 17.8. The average molecular weight is 313 g/mol. The summed E-state index contributed by atoms with van der Waals surface area (Å²) < 4.78 is 0. The SMILES string of the molecule is NC1=N[C@](O)(c2ccccc2)[C@H](NC(=O)c2ccccc2)S1. The molecule has 112 valence electrons. The van der Waals surface area contributed by atoms with Crippen molar-refractivity contribution < 1.29 is 9.90 Å². The summed E-state index contributed by atoms with van der Waals surface area (Å²) >= 11 is 1.14. The predicted octanol–water partition coefficient (Wildman–Crippen LogP) is 1.65. The Morgan fingerprint density at radius 3 is 2.36 bits per heavy atom. The fourth-order valence-corrected chi connectivity index (χ4v) is 3.23. The van der Waals surface area contributed by atoms with Gasteiger partial charge in [-0.15, -0.1) is 0 Å². The van der Waals surface area contributed by atoms with Crippen LogP contribution in [0.15, 0.2) is 65.7 Å². The Balaban J connectivity index is 1.86. The summed E-state index contributed by atoms with van der Waals surface area (Å²) in [6.45, 7) is 0. The molecular weight excluding hydrogens is 298 g/mol. The molecule has 0 aliphatic carbocycles. The van der Waals surface area contributed by atoms with Gasteiger partial charge in [-0.3, -0.25) is 4.79 Å². The molecule has 2 atom stereocenters. The minimum Gasteiger partial charge on any atom is -0.378 e. The van der Waals surface area contributed by atoms with Gasteiger partial charge in [0.2, 0.25) is 5.72 Å². The number of nitrogens with two attached hydrogens (primary N) is 1.